The maximum Gasteiger partial charge on any atom is 0.221 e. The van der Waals surface area contributed by atoms with Crippen LogP contribution in [0.4, 0.5) is 5.69 Å². The lowest BCUT2D eigenvalue weighted by Gasteiger charge is -2.07. The van der Waals surface area contributed by atoms with E-state index in [1.54, 1.807) is 30.2 Å². The van der Waals surface area contributed by atoms with Gasteiger partial charge in [-0.2, -0.15) is 0 Å². The molecular weight excluding hydrogens is 317 g/mol. The second-order valence-corrected chi connectivity index (χ2v) is 4.61. The van der Waals surface area contributed by atoms with Crippen molar-refractivity contribution in [3.63, 3.8) is 0 Å². The quantitative estimate of drug-likeness (QED) is 0.870. The van der Waals surface area contributed by atoms with E-state index in [2.05, 4.69) is 15.3 Å². The van der Waals surface area contributed by atoms with Crippen molar-refractivity contribution in [2.75, 3.05) is 5.32 Å². The average Bonchev–Trinajstić information content (AvgIpc) is 2.38. The number of nitrogens with one attached hydrogen (secondary N) is 1. The average molecular weight is 332 g/mol. The number of carbonyl (C=O) groups is 1. The number of anilines is 1. The van der Waals surface area contributed by atoms with E-state index in [-0.39, 0.29) is 30.7 Å². The van der Waals surface area contributed by atoms with Crippen molar-refractivity contribution in [1.82, 2.24) is 9.97 Å². The second kappa shape index (κ2) is 9.58. The van der Waals surface area contributed by atoms with Crippen LogP contribution in [-0.2, 0) is 10.5 Å². The van der Waals surface area contributed by atoms with Crippen LogP contribution in [0.5, 0.6) is 0 Å². The van der Waals surface area contributed by atoms with Crippen LogP contribution in [0.15, 0.2) is 47.8 Å². The fourth-order valence-corrected chi connectivity index (χ4v) is 2.28. The molecule has 0 atom stereocenters. The predicted octanol–water partition coefficient (Wildman–Crippen LogP) is 3.57. The van der Waals surface area contributed by atoms with Crippen LogP contribution in [0.1, 0.15) is 12.6 Å². The molecule has 2 rings (SSSR count). The summed E-state index contributed by atoms with van der Waals surface area (Å²) < 4.78 is 0. The second-order valence-electron chi connectivity index (χ2n) is 3.65. The van der Waals surface area contributed by atoms with Gasteiger partial charge >= 0.3 is 0 Å². The van der Waals surface area contributed by atoms with Gasteiger partial charge in [-0.15, -0.1) is 24.8 Å². The first-order chi connectivity index (χ1) is 8.75. The van der Waals surface area contributed by atoms with Crippen LogP contribution in [0.25, 0.3) is 0 Å². The largest absolute Gasteiger partial charge is 0.324 e. The molecule has 2 aromatic heterocycles. The van der Waals surface area contributed by atoms with E-state index in [1.807, 2.05) is 24.3 Å². The first-order valence-corrected chi connectivity index (χ1v) is 6.49. The highest BCUT2D eigenvalue weighted by atomic mass is 35.5. The Morgan fingerprint density at radius 1 is 1.15 bits per heavy atom. The third-order valence-corrected chi connectivity index (χ3v) is 3.20. The molecule has 0 aliphatic carbocycles. The molecule has 2 aromatic rings. The van der Waals surface area contributed by atoms with Gasteiger partial charge in [-0.05, 0) is 24.3 Å². The SMILES string of the molecule is CC(=O)Nc1cccnc1SCc1ccccn1.Cl.Cl. The number of thioether (sulfide) groups is 1. The van der Waals surface area contributed by atoms with Crippen molar-refractivity contribution in [2.24, 2.45) is 0 Å². The van der Waals surface area contributed by atoms with Crippen molar-refractivity contribution >= 4 is 48.2 Å². The molecular formula is C13H15Cl2N3OS. The monoisotopic (exact) mass is 331 g/mol. The fraction of sp³-hybridized carbons (Fsp3) is 0.154. The van der Waals surface area contributed by atoms with Crippen LogP contribution < -0.4 is 5.32 Å². The van der Waals surface area contributed by atoms with Gasteiger partial charge in [0.15, 0.2) is 0 Å². The van der Waals surface area contributed by atoms with Crippen LogP contribution >= 0.6 is 36.6 Å². The van der Waals surface area contributed by atoms with Crippen molar-refractivity contribution in [2.45, 2.75) is 17.7 Å². The summed E-state index contributed by atoms with van der Waals surface area (Å²) in [4.78, 5) is 19.6. The zero-order chi connectivity index (χ0) is 12.8. The summed E-state index contributed by atoms with van der Waals surface area (Å²) in [6.45, 7) is 1.49. The van der Waals surface area contributed by atoms with E-state index in [0.29, 0.717) is 0 Å². The van der Waals surface area contributed by atoms with E-state index in [0.717, 1.165) is 22.2 Å². The summed E-state index contributed by atoms with van der Waals surface area (Å²) in [6, 6.07) is 9.45. The van der Waals surface area contributed by atoms with E-state index in [4.69, 9.17) is 0 Å². The smallest absolute Gasteiger partial charge is 0.221 e. The van der Waals surface area contributed by atoms with Crippen molar-refractivity contribution in [3.05, 3.63) is 48.4 Å². The number of rotatable bonds is 4. The van der Waals surface area contributed by atoms with E-state index in [9.17, 15) is 4.79 Å². The number of halogens is 2. The predicted molar refractivity (Wildman–Crippen MR) is 86.8 cm³/mol. The summed E-state index contributed by atoms with van der Waals surface area (Å²) in [5.41, 5.74) is 1.73. The van der Waals surface area contributed by atoms with Crippen molar-refractivity contribution < 1.29 is 4.79 Å². The molecule has 0 radical (unpaired) electrons. The highest BCUT2D eigenvalue weighted by molar-refractivity contribution is 7.98. The van der Waals surface area contributed by atoms with Gasteiger partial charge in [0.1, 0.15) is 5.03 Å². The standard InChI is InChI=1S/C13H13N3OS.2ClH/c1-10(17)16-12-6-4-8-15-13(12)18-9-11-5-2-3-7-14-11;;/h2-8H,9H2,1H3,(H,16,17);2*1H. The van der Waals surface area contributed by atoms with Gasteiger partial charge < -0.3 is 5.32 Å². The Labute approximate surface area is 134 Å². The lowest BCUT2D eigenvalue weighted by atomic mass is 10.4. The third-order valence-electron chi connectivity index (χ3n) is 2.16. The van der Waals surface area contributed by atoms with Gasteiger partial charge in [0.05, 0.1) is 11.4 Å². The normalized spacial score (nSPS) is 9.05. The summed E-state index contributed by atoms with van der Waals surface area (Å²) in [6.07, 6.45) is 3.48. The van der Waals surface area contributed by atoms with Gasteiger partial charge in [-0.3, -0.25) is 9.78 Å². The number of pyridine rings is 2. The molecule has 0 saturated carbocycles. The van der Waals surface area contributed by atoms with Gasteiger partial charge in [0.25, 0.3) is 0 Å². The Hall–Kier alpha value is -1.30. The molecule has 4 nitrogen and oxygen atoms in total. The summed E-state index contributed by atoms with van der Waals surface area (Å²) >= 11 is 1.55. The number of aromatic nitrogens is 2. The molecule has 0 fully saturated rings. The lowest BCUT2D eigenvalue weighted by molar-refractivity contribution is -0.114. The highest BCUT2D eigenvalue weighted by Gasteiger charge is 2.06. The molecule has 1 amide bonds. The lowest BCUT2D eigenvalue weighted by Crippen LogP contribution is -2.07. The Kier molecular flexibility index (Phi) is 8.96. The Bertz CT molecular complexity index is 540. The molecule has 0 saturated heterocycles. The van der Waals surface area contributed by atoms with E-state index in [1.165, 1.54) is 6.92 Å². The van der Waals surface area contributed by atoms with Gasteiger partial charge in [0.2, 0.25) is 5.91 Å². The summed E-state index contributed by atoms with van der Waals surface area (Å²) in [7, 11) is 0. The molecule has 1 N–H and O–H groups in total. The number of hydrogen-bond acceptors (Lipinski definition) is 4. The molecule has 0 aromatic carbocycles. The number of nitrogens with zero attached hydrogens (tertiary/aromatic N) is 2. The number of hydrogen-bond donors (Lipinski definition) is 1. The minimum atomic E-state index is -0.0947. The van der Waals surface area contributed by atoms with Crippen LogP contribution in [0.2, 0.25) is 0 Å². The Morgan fingerprint density at radius 3 is 2.55 bits per heavy atom. The minimum absolute atomic E-state index is 0. The van der Waals surface area contributed by atoms with Crippen molar-refractivity contribution in [1.29, 1.82) is 0 Å². The van der Waals surface area contributed by atoms with Gasteiger partial charge in [-0.25, -0.2) is 4.98 Å². The zero-order valence-electron chi connectivity index (χ0n) is 10.8. The zero-order valence-corrected chi connectivity index (χ0v) is 13.2. The molecule has 0 bridgehead atoms. The molecule has 0 unspecified atom stereocenters. The van der Waals surface area contributed by atoms with Gasteiger partial charge in [0, 0.05) is 25.1 Å². The molecule has 108 valence electrons. The highest BCUT2D eigenvalue weighted by Crippen LogP contribution is 2.26. The number of carbonyl (C=O) groups excluding carboxylic acids is 1. The minimum Gasteiger partial charge on any atom is -0.324 e. The molecule has 2 heterocycles. The van der Waals surface area contributed by atoms with E-state index < -0.39 is 0 Å². The summed E-state index contributed by atoms with van der Waals surface area (Å²) in [5.74, 6) is 0.632. The Balaban J connectivity index is 0.00000180. The molecule has 20 heavy (non-hydrogen) atoms. The van der Waals surface area contributed by atoms with Crippen LogP contribution in [0.3, 0.4) is 0 Å². The molecule has 7 heteroatoms. The number of amides is 1. The topological polar surface area (TPSA) is 54.9 Å². The van der Waals surface area contributed by atoms with Crippen LogP contribution in [-0.4, -0.2) is 15.9 Å². The third kappa shape index (κ3) is 5.77. The maximum atomic E-state index is 11.1. The molecule has 0 aliphatic heterocycles. The maximum absolute atomic E-state index is 11.1. The fourth-order valence-electron chi connectivity index (χ4n) is 1.42. The first kappa shape index (κ1) is 18.7. The van der Waals surface area contributed by atoms with Gasteiger partial charge in [-0.1, -0.05) is 17.8 Å². The summed E-state index contributed by atoms with van der Waals surface area (Å²) in [5, 5.41) is 3.57. The van der Waals surface area contributed by atoms with Crippen molar-refractivity contribution in [3.8, 4) is 0 Å². The van der Waals surface area contributed by atoms with Crippen LogP contribution in [0, 0.1) is 0 Å². The first-order valence-electron chi connectivity index (χ1n) is 5.51. The Morgan fingerprint density at radius 2 is 1.90 bits per heavy atom. The van der Waals surface area contributed by atoms with E-state index >= 15 is 0 Å². The molecule has 0 spiro atoms. The molecule has 0 aliphatic rings.